The lowest BCUT2D eigenvalue weighted by molar-refractivity contribution is -0.137. The van der Waals surface area contributed by atoms with E-state index < -0.39 is 5.82 Å². The molecule has 1 aromatic carbocycles. The maximum atomic E-state index is 13.0. The van der Waals surface area contributed by atoms with Gasteiger partial charge in [0.2, 0.25) is 5.91 Å². The van der Waals surface area contributed by atoms with Crippen LogP contribution in [0.3, 0.4) is 0 Å². The number of ether oxygens (including phenoxy) is 1. The summed E-state index contributed by atoms with van der Waals surface area (Å²) in [5.74, 6) is -0.867. The summed E-state index contributed by atoms with van der Waals surface area (Å²) in [7, 11) is 0. The van der Waals surface area contributed by atoms with Gasteiger partial charge in [0.05, 0.1) is 18.1 Å². The molecule has 2 rings (SSSR count). The molecule has 1 heterocycles. The molecule has 5 nitrogen and oxygen atoms in total. The third-order valence-electron chi connectivity index (χ3n) is 3.35. The molecule has 0 spiro atoms. The molecule has 25 heavy (non-hydrogen) atoms. The van der Waals surface area contributed by atoms with Gasteiger partial charge >= 0.3 is 0 Å². The second-order valence-corrected chi connectivity index (χ2v) is 6.57. The zero-order valence-corrected chi connectivity index (χ0v) is 15.2. The molecule has 0 radical (unpaired) electrons. The molecule has 0 fully saturated rings. The Bertz CT molecular complexity index is 725. The lowest BCUT2D eigenvalue weighted by Crippen LogP contribution is -2.42. The largest absolute Gasteiger partial charge is 0.482 e. The van der Waals surface area contributed by atoms with Crippen LogP contribution in [0.2, 0.25) is 5.02 Å². The predicted octanol–water partition coefficient (Wildman–Crippen LogP) is 3.08. The zero-order valence-electron chi connectivity index (χ0n) is 13.6. The first-order chi connectivity index (χ1) is 12.0. The van der Waals surface area contributed by atoms with Gasteiger partial charge in [-0.1, -0.05) is 17.7 Å². The molecular weight excluding hydrogens is 367 g/mol. The molecule has 0 bridgehead atoms. The molecule has 0 aliphatic heterocycles. The second-order valence-electron chi connectivity index (χ2n) is 5.13. The van der Waals surface area contributed by atoms with E-state index in [1.807, 2.05) is 17.5 Å². The fourth-order valence-corrected chi connectivity index (χ4v) is 2.89. The van der Waals surface area contributed by atoms with Crippen molar-refractivity contribution >= 4 is 34.8 Å². The van der Waals surface area contributed by atoms with Crippen molar-refractivity contribution in [3.8, 4) is 5.75 Å². The number of hydrogen-bond acceptors (Lipinski definition) is 4. The number of likely N-dealkylation sites (N-methyl/N-ethyl adjacent to an activating group) is 1. The maximum Gasteiger partial charge on any atom is 0.260 e. The van der Waals surface area contributed by atoms with Gasteiger partial charge in [-0.25, -0.2) is 4.39 Å². The second kappa shape index (κ2) is 9.39. The number of hydrogen-bond donors (Lipinski definition) is 1. The number of carbonyl (C=O) groups excluding carboxylic acids is 2. The Kier molecular flexibility index (Phi) is 7.21. The Morgan fingerprint density at radius 1 is 1.36 bits per heavy atom. The Hall–Kier alpha value is -2.12. The van der Waals surface area contributed by atoms with E-state index in [1.165, 1.54) is 17.0 Å². The fourth-order valence-electron chi connectivity index (χ4n) is 2.03. The number of amides is 2. The average molecular weight is 385 g/mol. The highest BCUT2D eigenvalue weighted by atomic mass is 35.5. The number of benzene rings is 1. The van der Waals surface area contributed by atoms with Crippen LogP contribution >= 0.6 is 22.9 Å². The fraction of sp³-hybridized carbons (Fsp3) is 0.294. The van der Waals surface area contributed by atoms with Gasteiger partial charge < -0.3 is 15.0 Å². The van der Waals surface area contributed by atoms with E-state index in [9.17, 15) is 14.0 Å². The molecule has 1 N–H and O–H groups in total. The van der Waals surface area contributed by atoms with Crippen LogP contribution in [0.15, 0.2) is 35.7 Å². The van der Waals surface area contributed by atoms with Gasteiger partial charge in [-0.05, 0) is 36.6 Å². The van der Waals surface area contributed by atoms with E-state index in [0.717, 1.165) is 10.9 Å². The van der Waals surface area contributed by atoms with Crippen LogP contribution in [0.4, 0.5) is 4.39 Å². The summed E-state index contributed by atoms with van der Waals surface area (Å²) >= 11 is 7.40. The normalized spacial score (nSPS) is 10.4. The van der Waals surface area contributed by atoms with Gasteiger partial charge in [-0.3, -0.25) is 9.59 Å². The van der Waals surface area contributed by atoms with Crippen molar-refractivity contribution in [3.63, 3.8) is 0 Å². The highest BCUT2D eigenvalue weighted by Crippen LogP contribution is 2.24. The SMILES string of the molecule is CCN(CC(=O)NCc1cccs1)C(=O)COc1ccc(F)cc1Cl. The van der Waals surface area contributed by atoms with Crippen molar-refractivity contribution in [2.24, 2.45) is 0 Å². The Morgan fingerprint density at radius 3 is 2.80 bits per heavy atom. The number of nitrogens with one attached hydrogen (secondary N) is 1. The molecule has 134 valence electrons. The van der Waals surface area contributed by atoms with E-state index in [-0.39, 0.29) is 35.7 Å². The average Bonchev–Trinajstić information content (AvgIpc) is 3.10. The molecule has 0 aliphatic carbocycles. The lowest BCUT2D eigenvalue weighted by atomic mass is 10.3. The Balaban J connectivity index is 1.82. The summed E-state index contributed by atoms with van der Waals surface area (Å²) in [5.41, 5.74) is 0. The number of nitrogens with zero attached hydrogens (tertiary/aromatic N) is 1. The van der Waals surface area contributed by atoms with Gasteiger partial charge in [0.15, 0.2) is 6.61 Å². The van der Waals surface area contributed by atoms with Crippen molar-refractivity contribution in [3.05, 3.63) is 51.4 Å². The van der Waals surface area contributed by atoms with Crippen molar-refractivity contribution < 1.29 is 18.7 Å². The van der Waals surface area contributed by atoms with Crippen LogP contribution in [0.1, 0.15) is 11.8 Å². The Morgan fingerprint density at radius 2 is 2.16 bits per heavy atom. The topological polar surface area (TPSA) is 58.6 Å². The van der Waals surface area contributed by atoms with E-state index >= 15 is 0 Å². The van der Waals surface area contributed by atoms with E-state index in [1.54, 1.807) is 18.3 Å². The smallest absolute Gasteiger partial charge is 0.260 e. The van der Waals surface area contributed by atoms with Crippen LogP contribution in [-0.2, 0) is 16.1 Å². The van der Waals surface area contributed by atoms with Crippen LogP contribution in [-0.4, -0.2) is 36.4 Å². The highest BCUT2D eigenvalue weighted by Gasteiger charge is 2.17. The third kappa shape index (κ3) is 6.03. The predicted molar refractivity (Wildman–Crippen MR) is 95.3 cm³/mol. The molecule has 0 atom stereocenters. The monoisotopic (exact) mass is 384 g/mol. The van der Waals surface area contributed by atoms with Gasteiger partial charge in [-0.15, -0.1) is 11.3 Å². The maximum absolute atomic E-state index is 13.0. The quantitative estimate of drug-likeness (QED) is 0.760. The molecule has 2 aromatic rings. The van der Waals surface area contributed by atoms with Crippen molar-refractivity contribution in [2.45, 2.75) is 13.5 Å². The molecular formula is C17H18ClFN2O3S. The molecule has 0 saturated carbocycles. The minimum Gasteiger partial charge on any atom is -0.482 e. The molecule has 0 unspecified atom stereocenters. The van der Waals surface area contributed by atoms with Crippen molar-refractivity contribution in [1.29, 1.82) is 0 Å². The van der Waals surface area contributed by atoms with Crippen molar-refractivity contribution in [1.82, 2.24) is 10.2 Å². The van der Waals surface area contributed by atoms with Gasteiger partial charge in [0.1, 0.15) is 11.6 Å². The first-order valence-electron chi connectivity index (χ1n) is 7.64. The number of halogens is 2. The standard InChI is InChI=1S/C17H18ClFN2O3S/c1-2-21(10-16(22)20-9-13-4-3-7-25-13)17(23)11-24-15-6-5-12(19)8-14(15)18/h3-8H,2,9-11H2,1H3,(H,20,22). The number of carbonyl (C=O) groups is 2. The molecule has 0 aliphatic rings. The van der Waals surface area contributed by atoms with E-state index in [2.05, 4.69) is 5.32 Å². The number of rotatable bonds is 8. The van der Waals surface area contributed by atoms with E-state index in [0.29, 0.717) is 13.1 Å². The van der Waals surface area contributed by atoms with Crippen LogP contribution in [0, 0.1) is 5.82 Å². The molecule has 0 saturated heterocycles. The summed E-state index contributed by atoms with van der Waals surface area (Å²) in [6, 6.07) is 7.49. The van der Waals surface area contributed by atoms with Gasteiger partial charge in [-0.2, -0.15) is 0 Å². The Labute approximate surface area is 154 Å². The zero-order chi connectivity index (χ0) is 18.2. The van der Waals surface area contributed by atoms with Gasteiger partial charge in [0, 0.05) is 11.4 Å². The summed E-state index contributed by atoms with van der Waals surface area (Å²) in [4.78, 5) is 26.6. The minimum atomic E-state index is -0.485. The summed E-state index contributed by atoms with van der Waals surface area (Å²) in [6.45, 7) is 2.24. The lowest BCUT2D eigenvalue weighted by Gasteiger charge is -2.20. The van der Waals surface area contributed by atoms with E-state index in [4.69, 9.17) is 16.3 Å². The summed E-state index contributed by atoms with van der Waals surface area (Å²) < 4.78 is 18.3. The first kappa shape index (κ1) is 19.2. The van der Waals surface area contributed by atoms with Crippen LogP contribution in [0.25, 0.3) is 0 Å². The molecule has 8 heteroatoms. The van der Waals surface area contributed by atoms with Crippen LogP contribution < -0.4 is 10.1 Å². The number of thiophene rings is 1. The van der Waals surface area contributed by atoms with Crippen molar-refractivity contribution in [2.75, 3.05) is 19.7 Å². The first-order valence-corrected chi connectivity index (χ1v) is 8.90. The summed E-state index contributed by atoms with van der Waals surface area (Å²) in [6.07, 6.45) is 0. The van der Waals surface area contributed by atoms with Gasteiger partial charge in [0.25, 0.3) is 5.91 Å². The minimum absolute atomic E-state index is 0.0543. The molecule has 1 aromatic heterocycles. The summed E-state index contributed by atoms with van der Waals surface area (Å²) in [5, 5.41) is 4.79. The molecule has 2 amide bonds. The third-order valence-corrected chi connectivity index (χ3v) is 4.53. The highest BCUT2D eigenvalue weighted by molar-refractivity contribution is 7.09. The van der Waals surface area contributed by atoms with Crippen LogP contribution in [0.5, 0.6) is 5.75 Å².